The molecule has 0 fully saturated rings. The first kappa shape index (κ1) is 22.5. The first-order chi connectivity index (χ1) is 13.9. The SMILES string of the molecule is CCCCn1c(N)c(N(CCOC)CCOc2cc(C)cc(C)c2)c(=O)[nH]c1=O. The van der Waals surface area contributed by atoms with E-state index in [1.807, 2.05) is 37.8 Å². The van der Waals surface area contributed by atoms with Crippen molar-refractivity contribution in [2.45, 2.75) is 40.2 Å². The highest BCUT2D eigenvalue weighted by atomic mass is 16.5. The molecule has 0 spiro atoms. The van der Waals surface area contributed by atoms with Gasteiger partial charge in [0.1, 0.15) is 23.9 Å². The maximum absolute atomic E-state index is 12.5. The van der Waals surface area contributed by atoms with Crippen molar-refractivity contribution >= 4 is 11.5 Å². The Labute approximate surface area is 171 Å². The fourth-order valence-electron chi connectivity index (χ4n) is 3.25. The van der Waals surface area contributed by atoms with Gasteiger partial charge in [-0.1, -0.05) is 19.4 Å². The molecule has 0 aliphatic carbocycles. The number of hydrogen-bond acceptors (Lipinski definition) is 6. The highest BCUT2D eigenvalue weighted by Gasteiger charge is 2.18. The van der Waals surface area contributed by atoms with E-state index < -0.39 is 11.2 Å². The fourth-order valence-corrected chi connectivity index (χ4v) is 3.25. The minimum absolute atomic E-state index is 0.176. The Morgan fingerprint density at radius 3 is 2.38 bits per heavy atom. The Morgan fingerprint density at radius 2 is 1.76 bits per heavy atom. The van der Waals surface area contributed by atoms with E-state index in [4.69, 9.17) is 15.2 Å². The van der Waals surface area contributed by atoms with Gasteiger partial charge in [0.25, 0.3) is 5.56 Å². The number of anilines is 2. The molecule has 0 radical (unpaired) electrons. The van der Waals surface area contributed by atoms with Gasteiger partial charge in [0.15, 0.2) is 0 Å². The van der Waals surface area contributed by atoms with Crippen molar-refractivity contribution in [3.05, 3.63) is 50.2 Å². The number of nitrogens with zero attached hydrogens (tertiary/aromatic N) is 2. The van der Waals surface area contributed by atoms with E-state index in [-0.39, 0.29) is 11.5 Å². The van der Waals surface area contributed by atoms with Crippen LogP contribution in [0.5, 0.6) is 5.75 Å². The lowest BCUT2D eigenvalue weighted by molar-refractivity contribution is 0.203. The molecule has 2 rings (SSSR count). The number of nitrogens with two attached hydrogens (primary N) is 1. The highest BCUT2D eigenvalue weighted by Crippen LogP contribution is 2.19. The molecule has 0 aliphatic heterocycles. The van der Waals surface area contributed by atoms with Gasteiger partial charge in [0, 0.05) is 20.2 Å². The summed E-state index contributed by atoms with van der Waals surface area (Å²) < 4.78 is 12.5. The number of unbranched alkanes of at least 4 members (excludes halogenated alkanes) is 1. The summed E-state index contributed by atoms with van der Waals surface area (Å²) in [5.41, 5.74) is 7.79. The van der Waals surface area contributed by atoms with Gasteiger partial charge < -0.3 is 20.1 Å². The van der Waals surface area contributed by atoms with E-state index in [9.17, 15) is 9.59 Å². The molecule has 0 amide bonds. The maximum Gasteiger partial charge on any atom is 0.330 e. The standard InChI is InChI=1S/C21H32N4O4/c1-5-6-7-25-19(22)18(20(26)23-21(25)27)24(8-10-28-4)9-11-29-17-13-15(2)12-16(3)14-17/h12-14H,5-11,22H2,1-4H3,(H,23,26,27). The van der Waals surface area contributed by atoms with Crippen LogP contribution in [-0.2, 0) is 11.3 Å². The largest absolute Gasteiger partial charge is 0.492 e. The zero-order chi connectivity index (χ0) is 21.4. The highest BCUT2D eigenvalue weighted by molar-refractivity contribution is 5.62. The van der Waals surface area contributed by atoms with Crippen LogP contribution in [0.15, 0.2) is 27.8 Å². The molecular formula is C21H32N4O4. The molecule has 2 aromatic rings. The van der Waals surface area contributed by atoms with E-state index in [2.05, 4.69) is 11.1 Å². The Hall–Kier alpha value is -2.74. The van der Waals surface area contributed by atoms with Crippen molar-refractivity contribution in [1.29, 1.82) is 0 Å². The summed E-state index contributed by atoms with van der Waals surface area (Å²) >= 11 is 0. The van der Waals surface area contributed by atoms with E-state index >= 15 is 0 Å². The third-order valence-corrected chi connectivity index (χ3v) is 4.66. The maximum atomic E-state index is 12.5. The first-order valence-electron chi connectivity index (χ1n) is 9.95. The zero-order valence-corrected chi connectivity index (χ0v) is 17.8. The number of aryl methyl sites for hydroxylation is 2. The first-order valence-corrected chi connectivity index (χ1v) is 9.95. The Kier molecular flexibility index (Phi) is 8.33. The summed E-state index contributed by atoms with van der Waals surface area (Å²) in [6.45, 7) is 8.18. The van der Waals surface area contributed by atoms with Crippen LogP contribution in [0.25, 0.3) is 0 Å². The minimum Gasteiger partial charge on any atom is -0.492 e. The van der Waals surface area contributed by atoms with Crippen molar-refractivity contribution < 1.29 is 9.47 Å². The van der Waals surface area contributed by atoms with E-state index in [0.29, 0.717) is 32.8 Å². The van der Waals surface area contributed by atoms with Crippen LogP contribution in [0.3, 0.4) is 0 Å². The normalized spacial score (nSPS) is 10.9. The lowest BCUT2D eigenvalue weighted by Gasteiger charge is -2.26. The molecule has 160 valence electrons. The molecule has 1 aromatic carbocycles. The van der Waals surface area contributed by atoms with Crippen molar-refractivity contribution in [3.63, 3.8) is 0 Å². The molecule has 1 heterocycles. The second-order valence-electron chi connectivity index (χ2n) is 7.15. The predicted octanol–water partition coefficient (Wildman–Crippen LogP) is 2.07. The summed E-state index contributed by atoms with van der Waals surface area (Å²) in [7, 11) is 1.60. The van der Waals surface area contributed by atoms with E-state index in [0.717, 1.165) is 29.7 Å². The van der Waals surface area contributed by atoms with Crippen LogP contribution in [0.1, 0.15) is 30.9 Å². The number of nitrogen functional groups attached to an aromatic ring is 1. The molecule has 0 saturated carbocycles. The Morgan fingerprint density at radius 1 is 1.10 bits per heavy atom. The average Bonchev–Trinajstić information content (AvgIpc) is 2.64. The van der Waals surface area contributed by atoms with Crippen molar-refractivity contribution in [3.8, 4) is 5.75 Å². The molecule has 8 nitrogen and oxygen atoms in total. The zero-order valence-electron chi connectivity index (χ0n) is 17.8. The molecule has 3 N–H and O–H groups in total. The molecule has 0 aliphatic rings. The predicted molar refractivity (Wildman–Crippen MR) is 116 cm³/mol. The van der Waals surface area contributed by atoms with Crippen LogP contribution >= 0.6 is 0 Å². The molecular weight excluding hydrogens is 372 g/mol. The smallest absolute Gasteiger partial charge is 0.330 e. The molecule has 0 bridgehead atoms. The van der Waals surface area contributed by atoms with E-state index in [1.165, 1.54) is 4.57 Å². The second kappa shape index (κ2) is 10.7. The number of ether oxygens (including phenoxy) is 2. The third-order valence-electron chi connectivity index (χ3n) is 4.66. The number of hydrogen-bond donors (Lipinski definition) is 2. The van der Waals surface area contributed by atoms with Gasteiger partial charge in [0.2, 0.25) is 0 Å². The van der Waals surface area contributed by atoms with Gasteiger partial charge in [-0.15, -0.1) is 0 Å². The van der Waals surface area contributed by atoms with Gasteiger partial charge in [-0.05, 0) is 43.5 Å². The summed E-state index contributed by atoms with van der Waals surface area (Å²) in [5.74, 6) is 0.957. The van der Waals surface area contributed by atoms with Crippen molar-refractivity contribution in [1.82, 2.24) is 9.55 Å². The number of H-pyrrole nitrogens is 1. The van der Waals surface area contributed by atoms with Crippen LogP contribution in [0, 0.1) is 13.8 Å². The number of aromatic nitrogens is 2. The summed E-state index contributed by atoms with van der Waals surface area (Å²) in [5, 5.41) is 0. The molecule has 0 saturated heterocycles. The van der Waals surface area contributed by atoms with Crippen LogP contribution in [0.4, 0.5) is 11.5 Å². The van der Waals surface area contributed by atoms with Gasteiger partial charge in [0.05, 0.1) is 13.2 Å². The summed E-state index contributed by atoms with van der Waals surface area (Å²) in [4.78, 5) is 28.9. The number of nitrogens with one attached hydrogen (secondary N) is 1. The molecule has 1 aromatic heterocycles. The molecule has 8 heteroatoms. The average molecular weight is 405 g/mol. The van der Waals surface area contributed by atoms with Crippen molar-refractivity contribution in [2.24, 2.45) is 0 Å². The molecule has 0 atom stereocenters. The van der Waals surface area contributed by atoms with Gasteiger partial charge in [-0.25, -0.2) is 4.79 Å². The lowest BCUT2D eigenvalue weighted by atomic mass is 10.1. The number of methoxy groups -OCH3 is 1. The lowest BCUT2D eigenvalue weighted by Crippen LogP contribution is -2.41. The molecule has 29 heavy (non-hydrogen) atoms. The fraction of sp³-hybridized carbons (Fsp3) is 0.524. The van der Waals surface area contributed by atoms with Crippen LogP contribution in [-0.4, -0.2) is 43.0 Å². The van der Waals surface area contributed by atoms with Gasteiger partial charge in [-0.2, -0.15) is 0 Å². The third kappa shape index (κ3) is 6.12. The Bertz CT molecular complexity index is 900. The summed E-state index contributed by atoms with van der Waals surface area (Å²) in [6.07, 6.45) is 1.71. The van der Waals surface area contributed by atoms with Crippen molar-refractivity contribution in [2.75, 3.05) is 44.0 Å². The number of aromatic amines is 1. The van der Waals surface area contributed by atoms with Crippen LogP contribution < -0.4 is 26.6 Å². The van der Waals surface area contributed by atoms with Gasteiger partial charge >= 0.3 is 5.69 Å². The second-order valence-corrected chi connectivity index (χ2v) is 7.15. The molecule has 0 unspecified atom stereocenters. The number of benzene rings is 1. The van der Waals surface area contributed by atoms with Crippen LogP contribution in [0.2, 0.25) is 0 Å². The summed E-state index contributed by atoms with van der Waals surface area (Å²) in [6, 6.07) is 6.02. The number of rotatable bonds is 11. The van der Waals surface area contributed by atoms with E-state index in [1.54, 1.807) is 7.11 Å². The quantitative estimate of drug-likeness (QED) is 0.594. The topological polar surface area (TPSA) is 103 Å². The minimum atomic E-state index is -0.497. The Balaban J connectivity index is 2.24. The van der Waals surface area contributed by atoms with Gasteiger partial charge in [-0.3, -0.25) is 14.3 Å². The monoisotopic (exact) mass is 404 g/mol.